The van der Waals surface area contributed by atoms with Crippen LogP contribution in [0.5, 0.6) is 0 Å². The summed E-state index contributed by atoms with van der Waals surface area (Å²) in [7, 11) is -5.91. The van der Waals surface area contributed by atoms with E-state index in [9.17, 15) is 16.8 Å². The number of ether oxygens (including phenoxy) is 1. The van der Waals surface area contributed by atoms with E-state index < -0.39 is 20.0 Å². The molecular formula is C11H16N2O5S2. The molecule has 1 heterocycles. The van der Waals surface area contributed by atoms with Crippen molar-refractivity contribution in [3.63, 3.8) is 0 Å². The Labute approximate surface area is 118 Å². The Kier molecular flexibility index (Phi) is 4.17. The van der Waals surface area contributed by atoms with Gasteiger partial charge in [-0.25, -0.2) is 22.0 Å². The standard InChI is InChI=1S/C11H16N2O5S2/c1-18-9-6-7-13(8-9)20(16,17)11-4-2-10(3-5-11)19(12,14)15/h2-5,9H,6-8H2,1H3,(H2,12,14,15). The van der Waals surface area contributed by atoms with Crippen LogP contribution in [-0.4, -0.2) is 47.4 Å². The summed E-state index contributed by atoms with van der Waals surface area (Å²) < 4.78 is 53.4. The molecule has 0 radical (unpaired) electrons. The lowest BCUT2D eigenvalue weighted by molar-refractivity contribution is 0.115. The van der Waals surface area contributed by atoms with Crippen LogP contribution in [0, 0.1) is 0 Å². The molecule has 0 aromatic heterocycles. The van der Waals surface area contributed by atoms with Gasteiger partial charge in [0.1, 0.15) is 0 Å². The topological polar surface area (TPSA) is 107 Å². The number of nitrogens with two attached hydrogens (primary N) is 1. The first-order chi connectivity index (χ1) is 9.25. The van der Waals surface area contributed by atoms with Crippen molar-refractivity contribution in [2.45, 2.75) is 22.3 Å². The molecule has 7 nitrogen and oxygen atoms in total. The molecule has 1 aromatic rings. The molecule has 9 heteroatoms. The molecule has 1 fully saturated rings. The highest BCUT2D eigenvalue weighted by Gasteiger charge is 2.32. The Morgan fingerprint density at radius 2 is 1.70 bits per heavy atom. The molecular weight excluding hydrogens is 304 g/mol. The maximum absolute atomic E-state index is 12.3. The molecule has 20 heavy (non-hydrogen) atoms. The first-order valence-electron chi connectivity index (χ1n) is 5.91. The SMILES string of the molecule is COC1CCN(S(=O)(=O)c2ccc(S(N)(=O)=O)cc2)C1. The maximum Gasteiger partial charge on any atom is 0.243 e. The molecule has 1 aromatic carbocycles. The van der Waals surface area contributed by atoms with E-state index >= 15 is 0 Å². The zero-order valence-corrected chi connectivity index (χ0v) is 12.5. The minimum absolute atomic E-state index is 0.0432. The van der Waals surface area contributed by atoms with Gasteiger partial charge < -0.3 is 4.74 Å². The van der Waals surface area contributed by atoms with Crippen molar-refractivity contribution in [1.82, 2.24) is 4.31 Å². The molecule has 2 N–H and O–H groups in total. The summed E-state index contributed by atoms with van der Waals surface area (Å²) in [5.74, 6) is 0. The van der Waals surface area contributed by atoms with E-state index in [-0.39, 0.29) is 15.9 Å². The van der Waals surface area contributed by atoms with Crippen molar-refractivity contribution in [2.24, 2.45) is 5.14 Å². The highest BCUT2D eigenvalue weighted by atomic mass is 32.2. The Morgan fingerprint density at radius 1 is 1.15 bits per heavy atom. The number of hydrogen-bond acceptors (Lipinski definition) is 5. The third kappa shape index (κ3) is 3.01. The molecule has 0 spiro atoms. The normalized spacial score (nSPS) is 21.2. The summed E-state index contributed by atoms with van der Waals surface area (Å²) in [6, 6.07) is 4.86. The third-order valence-electron chi connectivity index (χ3n) is 3.23. The predicted molar refractivity (Wildman–Crippen MR) is 72.0 cm³/mol. The average molecular weight is 320 g/mol. The number of nitrogens with zero attached hydrogens (tertiary/aromatic N) is 1. The highest BCUT2D eigenvalue weighted by molar-refractivity contribution is 7.89. The summed E-state index contributed by atoms with van der Waals surface area (Å²) in [6.07, 6.45) is 0.541. The molecule has 0 bridgehead atoms. The molecule has 1 atom stereocenters. The van der Waals surface area contributed by atoms with Crippen molar-refractivity contribution >= 4 is 20.0 Å². The third-order valence-corrected chi connectivity index (χ3v) is 6.04. The van der Waals surface area contributed by atoms with E-state index in [0.29, 0.717) is 19.5 Å². The minimum atomic E-state index is -3.83. The van der Waals surface area contributed by atoms with Crippen LogP contribution in [0.3, 0.4) is 0 Å². The molecule has 1 aliphatic heterocycles. The lowest BCUT2D eigenvalue weighted by Gasteiger charge is -2.16. The van der Waals surface area contributed by atoms with Gasteiger partial charge in [-0.15, -0.1) is 0 Å². The molecule has 0 amide bonds. The van der Waals surface area contributed by atoms with E-state index in [1.54, 1.807) is 7.11 Å². The fourth-order valence-electron chi connectivity index (χ4n) is 2.06. The Morgan fingerprint density at radius 3 is 2.15 bits per heavy atom. The molecule has 2 rings (SSSR count). The van der Waals surface area contributed by atoms with Gasteiger partial charge in [-0.2, -0.15) is 4.31 Å². The van der Waals surface area contributed by atoms with Crippen LogP contribution < -0.4 is 5.14 Å². The fraction of sp³-hybridized carbons (Fsp3) is 0.455. The number of sulfonamides is 2. The Balaban J connectivity index is 2.27. The highest BCUT2D eigenvalue weighted by Crippen LogP contribution is 2.23. The zero-order chi connectivity index (χ0) is 15.0. The molecule has 1 saturated heterocycles. The van der Waals surface area contributed by atoms with Crippen LogP contribution in [0.1, 0.15) is 6.42 Å². The maximum atomic E-state index is 12.3. The Bertz CT molecular complexity index is 682. The lowest BCUT2D eigenvalue weighted by Crippen LogP contribution is -2.30. The van der Waals surface area contributed by atoms with Gasteiger partial charge in [0.15, 0.2) is 0 Å². The summed E-state index contributed by atoms with van der Waals surface area (Å²) in [5, 5.41) is 4.97. The van der Waals surface area contributed by atoms with E-state index in [1.807, 2.05) is 0 Å². The zero-order valence-electron chi connectivity index (χ0n) is 10.9. The lowest BCUT2D eigenvalue weighted by atomic mass is 10.3. The van der Waals surface area contributed by atoms with Gasteiger partial charge in [0.25, 0.3) is 0 Å². The number of methoxy groups -OCH3 is 1. The second kappa shape index (κ2) is 5.41. The summed E-state index contributed by atoms with van der Waals surface area (Å²) in [5.41, 5.74) is 0. The van der Waals surface area contributed by atoms with Crippen LogP contribution >= 0.6 is 0 Å². The smallest absolute Gasteiger partial charge is 0.243 e. The molecule has 1 aliphatic rings. The molecule has 0 aliphatic carbocycles. The quantitative estimate of drug-likeness (QED) is 0.823. The summed E-state index contributed by atoms with van der Waals surface area (Å²) in [6.45, 7) is 0.688. The first-order valence-corrected chi connectivity index (χ1v) is 8.89. The number of hydrogen-bond donors (Lipinski definition) is 1. The van der Waals surface area contributed by atoms with Gasteiger partial charge in [0.05, 0.1) is 15.9 Å². The van der Waals surface area contributed by atoms with Gasteiger partial charge >= 0.3 is 0 Å². The van der Waals surface area contributed by atoms with Crippen molar-refractivity contribution in [2.75, 3.05) is 20.2 Å². The fourth-order valence-corrected chi connectivity index (χ4v) is 4.06. The van der Waals surface area contributed by atoms with Gasteiger partial charge in [-0.1, -0.05) is 0 Å². The van der Waals surface area contributed by atoms with Crippen molar-refractivity contribution in [3.05, 3.63) is 24.3 Å². The van der Waals surface area contributed by atoms with E-state index in [0.717, 1.165) is 0 Å². The predicted octanol–water partition coefficient (Wildman–Crippen LogP) is -0.257. The molecule has 1 unspecified atom stereocenters. The van der Waals surface area contributed by atoms with Crippen molar-refractivity contribution < 1.29 is 21.6 Å². The first kappa shape index (κ1) is 15.4. The Hall–Kier alpha value is -1.00. The van der Waals surface area contributed by atoms with Gasteiger partial charge in [0, 0.05) is 20.2 Å². The summed E-state index contributed by atoms with van der Waals surface area (Å²) >= 11 is 0. The number of benzene rings is 1. The van der Waals surface area contributed by atoms with Crippen LogP contribution in [0.25, 0.3) is 0 Å². The molecule has 0 saturated carbocycles. The van der Waals surface area contributed by atoms with E-state index in [2.05, 4.69) is 0 Å². The van der Waals surface area contributed by atoms with E-state index in [4.69, 9.17) is 9.88 Å². The van der Waals surface area contributed by atoms with Gasteiger partial charge in [0.2, 0.25) is 20.0 Å². The second-order valence-electron chi connectivity index (χ2n) is 4.53. The number of primary sulfonamides is 1. The van der Waals surface area contributed by atoms with Crippen LogP contribution in [0.15, 0.2) is 34.1 Å². The van der Waals surface area contributed by atoms with Crippen LogP contribution in [0.4, 0.5) is 0 Å². The molecule has 112 valence electrons. The van der Waals surface area contributed by atoms with Crippen molar-refractivity contribution in [1.29, 1.82) is 0 Å². The van der Waals surface area contributed by atoms with E-state index in [1.165, 1.54) is 28.6 Å². The average Bonchev–Trinajstić information content (AvgIpc) is 2.87. The van der Waals surface area contributed by atoms with Gasteiger partial charge in [-0.3, -0.25) is 0 Å². The number of rotatable bonds is 4. The van der Waals surface area contributed by atoms with Crippen molar-refractivity contribution in [3.8, 4) is 0 Å². The minimum Gasteiger partial charge on any atom is -0.380 e. The largest absolute Gasteiger partial charge is 0.380 e. The van der Waals surface area contributed by atoms with Crippen LogP contribution in [-0.2, 0) is 24.8 Å². The monoisotopic (exact) mass is 320 g/mol. The summed E-state index contributed by atoms with van der Waals surface area (Å²) in [4.78, 5) is -0.0747. The van der Waals surface area contributed by atoms with Crippen LogP contribution in [0.2, 0.25) is 0 Å². The van der Waals surface area contributed by atoms with Gasteiger partial charge in [-0.05, 0) is 30.7 Å². The second-order valence-corrected chi connectivity index (χ2v) is 8.03.